The third-order valence-electron chi connectivity index (χ3n) is 3.88. The van der Waals surface area contributed by atoms with Crippen molar-refractivity contribution in [2.75, 3.05) is 0 Å². The van der Waals surface area contributed by atoms with E-state index in [1.807, 2.05) is 25.1 Å². The van der Waals surface area contributed by atoms with Gasteiger partial charge in [-0.25, -0.2) is 9.50 Å². The van der Waals surface area contributed by atoms with Crippen LogP contribution in [0.15, 0.2) is 36.7 Å². The fraction of sp³-hybridized carbons (Fsp3) is 0.235. The molecule has 0 saturated heterocycles. The van der Waals surface area contributed by atoms with Crippen LogP contribution >= 0.6 is 11.6 Å². The lowest BCUT2D eigenvalue weighted by molar-refractivity contribution is 0.802. The van der Waals surface area contributed by atoms with E-state index in [-0.39, 0.29) is 0 Å². The molecular formula is C17H15ClN4. The predicted octanol–water partition coefficient (Wildman–Crippen LogP) is 3.74. The fourth-order valence-electron chi connectivity index (χ4n) is 2.70. The van der Waals surface area contributed by atoms with Crippen molar-refractivity contribution in [3.63, 3.8) is 0 Å². The van der Waals surface area contributed by atoms with Crippen LogP contribution in [0.1, 0.15) is 28.7 Å². The van der Waals surface area contributed by atoms with Gasteiger partial charge in [-0.05, 0) is 42.9 Å². The predicted molar refractivity (Wildman–Crippen MR) is 85.9 cm³/mol. The van der Waals surface area contributed by atoms with E-state index in [0.717, 1.165) is 30.4 Å². The Morgan fingerprint density at radius 2 is 2.00 bits per heavy atom. The molecule has 0 atom stereocenters. The zero-order valence-electron chi connectivity index (χ0n) is 12.3. The molecule has 22 heavy (non-hydrogen) atoms. The highest BCUT2D eigenvalue weighted by atomic mass is 35.5. The average Bonchev–Trinajstić information content (AvgIpc) is 3.02. The maximum absolute atomic E-state index is 9.38. The smallest absolute Gasteiger partial charge is 0.175 e. The van der Waals surface area contributed by atoms with E-state index in [0.29, 0.717) is 16.4 Å². The number of hydrogen-bond acceptors (Lipinski definition) is 3. The summed E-state index contributed by atoms with van der Waals surface area (Å²) in [6.07, 6.45) is 4.18. The van der Waals surface area contributed by atoms with Gasteiger partial charge < -0.3 is 0 Å². The van der Waals surface area contributed by atoms with Crippen molar-refractivity contribution in [1.29, 1.82) is 5.26 Å². The number of fused-ring (bicyclic) bond motifs is 1. The molecule has 0 bridgehead atoms. The van der Waals surface area contributed by atoms with E-state index in [9.17, 15) is 5.26 Å². The van der Waals surface area contributed by atoms with Crippen LogP contribution in [-0.4, -0.2) is 14.6 Å². The Hall–Kier alpha value is -2.38. The molecule has 0 radical (unpaired) electrons. The van der Waals surface area contributed by atoms with E-state index in [1.54, 1.807) is 4.52 Å². The molecular weight excluding hydrogens is 296 g/mol. The summed E-state index contributed by atoms with van der Waals surface area (Å²) in [4.78, 5) is 4.13. The lowest BCUT2D eigenvalue weighted by Gasteiger charge is -2.11. The van der Waals surface area contributed by atoms with Crippen LogP contribution in [0.3, 0.4) is 0 Å². The number of nitrogens with zero attached hydrogens (tertiary/aromatic N) is 4. The standard InChI is InChI=1S/C17H15ClN4/c1-12-14(9-5-8-13-6-3-2-4-7-13)16(18)22-17(15(12)10-19)20-11-21-22/h2-4,6-7,11H,5,8-9H2,1H3. The summed E-state index contributed by atoms with van der Waals surface area (Å²) >= 11 is 6.45. The van der Waals surface area contributed by atoms with Crippen molar-refractivity contribution in [2.45, 2.75) is 26.2 Å². The van der Waals surface area contributed by atoms with Gasteiger partial charge in [0.1, 0.15) is 23.1 Å². The van der Waals surface area contributed by atoms with E-state index in [4.69, 9.17) is 11.6 Å². The van der Waals surface area contributed by atoms with Gasteiger partial charge in [-0.1, -0.05) is 41.9 Å². The van der Waals surface area contributed by atoms with Crippen molar-refractivity contribution >= 4 is 17.2 Å². The van der Waals surface area contributed by atoms with Crippen LogP contribution in [-0.2, 0) is 12.8 Å². The van der Waals surface area contributed by atoms with E-state index in [2.05, 4.69) is 28.3 Å². The molecule has 0 aliphatic carbocycles. The van der Waals surface area contributed by atoms with Gasteiger partial charge in [0.25, 0.3) is 0 Å². The molecule has 3 rings (SSSR count). The second kappa shape index (κ2) is 6.17. The van der Waals surface area contributed by atoms with Gasteiger partial charge in [-0.2, -0.15) is 10.4 Å². The number of aryl methyl sites for hydroxylation is 1. The molecule has 0 fully saturated rings. The molecule has 3 aromatic rings. The second-order valence-electron chi connectivity index (χ2n) is 5.22. The second-order valence-corrected chi connectivity index (χ2v) is 5.57. The molecule has 0 unspecified atom stereocenters. The highest BCUT2D eigenvalue weighted by Crippen LogP contribution is 2.27. The minimum atomic E-state index is 0.525. The first-order valence-electron chi connectivity index (χ1n) is 7.17. The summed E-state index contributed by atoms with van der Waals surface area (Å²) in [7, 11) is 0. The zero-order valence-corrected chi connectivity index (χ0v) is 13.0. The van der Waals surface area contributed by atoms with Crippen molar-refractivity contribution in [1.82, 2.24) is 14.6 Å². The highest BCUT2D eigenvalue weighted by molar-refractivity contribution is 6.30. The third kappa shape index (κ3) is 2.56. The van der Waals surface area contributed by atoms with Crippen molar-refractivity contribution in [3.8, 4) is 6.07 Å². The molecule has 0 spiro atoms. The quantitative estimate of drug-likeness (QED) is 0.690. The van der Waals surface area contributed by atoms with Crippen molar-refractivity contribution in [3.05, 3.63) is 64.1 Å². The fourth-order valence-corrected chi connectivity index (χ4v) is 3.06. The number of pyridine rings is 1. The molecule has 0 N–H and O–H groups in total. The largest absolute Gasteiger partial charge is 0.214 e. The van der Waals surface area contributed by atoms with Crippen LogP contribution in [0.25, 0.3) is 5.65 Å². The molecule has 5 heteroatoms. The number of hydrogen-bond donors (Lipinski definition) is 0. The molecule has 0 saturated carbocycles. The monoisotopic (exact) mass is 310 g/mol. The minimum absolute atomic E-state index is 0.525. The SMILES string of the molecule is Cc1c(CCCc2ccccc2)c(Cl)n2ncnc2c1C#N. The third-order valence-corrected chi connectivity index (χ3v) is 4.27. The minimum Gasteiger partial charge on any atom is -0.214 e. The first-order valence-corrected chi connectivity index (χ1v) is 7.55. The molecule has 4 nitrogen and oxygen atoms in total. The molecule has 0 aliphatic rings. The van der Waals surface area contributed by atoms with Gasteiger partial charge in [-0.3, -0.25) is 0 Å². The van der Waals surface area contributed by atoms with Gasteiger partial charge in [0.15, 0.2) is 5.65 Å². The van der Waals surface area contributed by atoms with Crippen molar-refractivity contribution < 1.29 is 0 Å². The average molecular weight is 311 g/mol. The van der Waals surface area contributed by atoms with Crippen LogP contribution < -0.4 is 0 Å². The molecule has 2 heterocycles. The highest BCUT2D eigenvalue weighted by Gasteiger charge is 2.17. The Balaban J connectivity index is 1.89. The summed E-state index contributed by atoms with van der Waals surface area (Å²) in [5.41, 5.74) is 4.26. The number of rotatable bonds is 4. The topological polar surface area (TPSA) is 54.0 Å². The van der Waals surface area contributed by atoms with Gasteiger partial charge in [0.05, 0.1) is 0 Å². The normalized spacial score (nSPS) is 10.8. The van der Waals surface area contributed by atoms with E-state index < -0.39 is 0 Å². The number of halogens is 1. The Morgan fingerprint density at radius 1 is 1.23 bits per heavy atom. The van der Waals surface area contributed by atoms with Gasteiger partial charge in [-0.15, -0.1) is 0 Å². The Labute approximate surface area is 134 Å². The van der Waals surface area contributed by atoms with Crippen LogP contribution in [0.4, 0.5) is 0 Å². The number of aromatic nitrogens is 3. The molecule has 110 valence electrons. The summed E-state index contributed by atoms with van der Waals surface area (Å²) in [6, 6.07) is 12.6. The van der Waals surface area contributed by atoms with Crippen LogP contribution in [0.5, 0.6) is 0 Å². The molecule has 1 aromatic carbocycles. The van der Waals surface area contributed by atoms with Crippen LogP contribution in [0.2, 0.25) is 5.15 Å². The van der Waals surface area contributed by atoms with Gasteiger partial charge in [0.2, 0.25) is 0 Å². The molecule has 0 aliphatic heterocycles. The van der Waals surface area contributed by atoms with E-state index >= 15 is 0 Å². The number of nitriles is 1. The lowest BCUT2D eigenvalue weighted by Crippen LogP contribution is -2.04. The van der Waals surface area contributed by atoms with Crippen molar-refractivity contribution in [2.24, 2.45) is 0 Å². The molecule has 0 amide bonds. The summed E-state index contributed by atoms with van der Waals surface area (Å²) in [5.74, 6) is 0. The summed E-state index contributed by atoms with van der Waals surface area (Å²) in [5, 5.41) is 14.0. The van der Waals surface area contributed by atoms with E-state index in [1.165, 1.54) is 11.9 Å². The maximum atomic E-state index is 9.38. The summed E-state index contributed by atoms with van der Waals surface area (Å²) < 4.78 is 1.55. The first-order chi connectivity index (χ1) is 10.7. The van der Waals surface area contributed by atoms with Gasteiger partial charge in [0, 0.05) is 0 Å². The zero-order chi connectivity index (χ0) is 15.5. The van der Waals surface area contributed by atoms with Crippen LogP contribution in [0, 0.1) is 18.3 Å². The Morgan fingerprint density at radius 3 is 2.73 bits per heavy atom. The maximum Gasteiger partial charge on any atom is 0.175 e. The Bertz CT molecular complexity index is 846. The molecule has 2 aromatic heterocycles. The summed E-state index contributed by atoms with van der Waals surface area (Å²) in [6.45, 7) is 1.93. The lowest BCUT2D eigenvalue weighted by atomic mass is 9.99. The first kappa shape index (κ1) is 14.6. The number of benzene rings is 1. The Kier molecular flexibility index (Phi) is 4.08. The van der Waals surface area contributed by atoms with Gasteiger partial charge >= 0.3 is 0 Å².